The number of hydrogen-bond acceptors (Lipinski definition) is 4. The first-order valence-electron chi connectivity index (χ1n) is 19.1. The van der Waals surface area contributed by atoms with Gasteiger partial charge in [0.05, 0.1) is 0 Å². The molecule has 0 aliphatic heterocycles. The predicted molar refractivity (Wildman–Crippen MR) is 229 cm³/mol. The van der Waals surface area contributed by atoms with Crippen molar-refractivity contribution < 1.29 is 0 Å². The number of allylic oxidation sites excluding steroid dienone is 5. The minimum absolute atomic E-state index is 0.241. The molecule has 2 atom stereocenters. The van der Waals surface area contributed by atoms with Gasteiger partial charge in [-0.15, -0.1) is 11.3 Å². The summed E-state index contributed by atoms with van der Waals surface area (Å²) in [5.41, 5.74) is 14.2. The molecule has 0 saturated carbocycles. The van der Waals surface area contributed by atoms with Crippen molar-refractivity contribution in [2.24, 2.45) is 0 Å². The molecular weight excluding hydrogens is 687 g/mol. The Morgan fingerprint density at radius 1 is 0.473 bits per heavy atom. The Labute approximate surface area is 324 Å². The lowest BCUT2D eigenvalue weighted by molar-refractivity contribution is 0.720. The fraction of sp³-hybridized carbons (Fsp3) is 0.0784. The van der Waals surface area contributed by atoms with Gasteiger partial charge in [-0.25, -0.2) is 15.0 Å². The summed E-state index contributed by atoms with van der Waals surface area (Å²) in [5.74, 6) is 2.57. The summed E-state index contributed by atoms with van der Waals surface area (Å²) in [6.07, 6.45) is 15.8. The Kier molecular flexibility index (Phi) is 7.63. The molecule has 3 aliphatic carbocycles. The van der Waals surface area contributed by atoms with Crippen molar-refractivity contribution in [2.45, 2.75) is 24.7 Å². The van der Waals surface area contributed by atoms with Crippen LogP contribution in [0.15, 0.2) is 170 Å². The molecule has 0 fully saturated rings. The number of thiophene rings is 1. The van der Waals surface area contributed by atoms with E-state index in [-0.39, 0.29) is 5.92 Å². The first-order chi connectivity index (χ1) is 27.3. The molecule has 2 heterocycles. The highest BCUT2D eigenvalue weighted by Gasteiger charge is 2.32. The Balaban J connectivity index is 1.15. The second-order valence-corrected chi connectivity index (χ2v) is 15.7. The molecule has 0 bridgehead atoms. The van der Waals surface area contributed by atoms with Crippen LogP contribution in [0.3, 0.4) is 0 Å². The van der Waals surface area contributed by atoms with Gasteiger partial charge in [0, 0.05) is 43.5 Å². The van der Waals surface area contributed by atoms with E-state index in [0.717, 1.165) is 46.2 Å². The van der Waals surface area contributed by atoms with Crippen LogP contribution < -0.4 is 0 Å². The fourth-order valence-corrected chi connectivity index (χ4v) is 10.1. The topological polar surface area (TPSA) is 38.7 Å². The maximum absolute atomic E-state index is 5.37. The van der Waals surface area contributed by atoms with E-state index in [1.807, 2.05) is 11.3 Å². The van der Waals surface area contributed by atoms with E-state index >= 15 is 0 Å². The van der Waals surface area contributed by atoms with Crippen LogP contribution in [-0.2, 0) is 6.42 Å². The van der Waals surface area contributed by atoms with Gasteiger partial charge in [-0.05, 0) is 87.2 Å². The van der Waals surface area contributed by atoms with Crippen LogP contribution in [0.5, 0.6) is 0 Å². The monoisotopic (exact) mass is 721 g/mol. The van der Waals surface area contributed by atoms with Crippen LogP contribution >= 0.6 is 11.3 Å². The zero-order valence-electron chi connectivity index (χ0n) is 30.1. The van der Waals surface area contributed by atoms with Gasteiger partial charge in [-0.3, -0.25) is 0 Å². The summed E-state index contributed by atoms with van der Waals surface area (Å²) in [5, 5.41) is 1.27. The van der Waals surface area contributed by atoms with E-state index in [1.54, 1.807) is 0 Å². The highest BCUT2D eigenvalue weighted by molar-refractivity contribution is 7.20. The van der Waals surface area contributed by atoms with E-state index in [0.29, 0.717) is 23.4 Å². The van der Waals surface area contributed by atoms with Gasteiger partial charge in [0.1, 0.15) is 0 Å². The number of aromatic nitrogens is 3. The maximum Gasteiger partial charge on any atom is 0.165 e. The van der Waals surface area contributed by atoms with Crippen molar-refractivity contribution in [1.82, 2.24) is 15.0 Å². The third kappa shape index (κ3) is 5.44. The van der Waals surface area contributed by atoms with Crippen molar-refractivity contribution in [3.63, 3.8) is 0 Å². The van der Waals surface area contributed by atoms with Crippen LogP contribution in [0.25, 0.3) is 83.7 Å². The van der Waals surface area contributed by atoms with Gasteiger partial charge in [0.2, 0.25) is 0 Å². The minimum Gasteiger partial charge on any atom is -0.208 e. The van der Waals surface area contributed by atoms with Gasteiger partial charge < -0.3 is 0 Å². The molecule has 4 heteroatoms. The zero-order valence-corrected chi connectivity index (χ0v) is 30.9. The van der Waals surface area contributed by atoms with Gasteiger partial charge in [-0.1, -0.05) is 152 Å². The fourth-order valence-electron chi connectivity index (χ4n) is 8.76. The largest absolute Gasteiger partial charge is 0.208 e. The van der Waals surface area contributed by atoms with E-state index in [9.17, 15) is 0 Å². The Bertz CT molecular complexity index is 2880. The Hall–Kier alpha value is -6.49. The average Bonchev–Trinajstić information content (AvgIpc) is 3.66. The van der Waals surface area contributed by atoms with E-state index in [4.69, 9.17) is 15.0 Å². The molecule has 3 nitrogen and oxygen atoms in total. The van der Waals surface area contributed by atoms with Gasteiger partial charge in [0.15, 0.2) is 17.5 Å². The van der Waals surface area contributed by atoms with Crippen molar-refractivity contribution in [3.05, 3.63) is 191 Å². The molecule has 1 unspecified atom stereocenters. The molecule has 0 radical (unpaired) electrons. The van der Waals surface area contributed by atoms with Gasteiger partial charge in [-0.2, -0.15) is 0 Å². The summed E-state index contributed by atoms with van der Waals surface area (Å²) in [7, 11) is 0. The molecule has 0 spiro atoms. The SMILES string of the molecule is C1=CC2c3cc(-c4nc(-c5ccc(-c6ccccc6)cc5-c5ccccc5)nc(-c5cccc6c7c(sc56)CCC=C7)n4)ccc3-c3ccccc3[C@@H]2C=C1. The van der Waals surface area contributed by atoms with Crippen LogP contribution in [0, 0.1) is 0 Å². The molecule has 55 heavy (non-hydrogen) atoms. The number of rotatable bonds is 5. The average molecular weight is 722 g/mol. The second kappa shape index (κ2) is 13.1. The quantitative estimate of drug-likeness (QED) is 0.178. The van der Waals surface area contributed by atoms with Crippen molar-refractivity contribution in [3.8, 4) is 67.5 Å². The molecule has 8 aromatic rings. The predicted octanol–water partition coefficient (Wildman–Crippen LogP) is 13.4. The zero-order chi connectivity index (χ0) is 36.3. The smallest absolute Gasteiger partial charge is 0.165 e. The third-order valence-corrected chi connectivity index (χ3v) is 12.7. The standard InChI is InChI=1S/C51H35N3S/c1-3-14-32(15-4-1)34-26-29-43(45(30-34)33-16-5-2-6-17-33)50-52-49(53-51(54-50)44-24-13-23-42-41-22-11-12-25-47(41)55-48(42)44)35-27-28-40-38-20-8-7-18-36(38)37-19-9-10-21-39(37)46(40)31-35/h1-11,13-24,26-31,37,39H,12,25H2/t37-,39?/m0/s1. The molecule has 3 aliphatic rings. The van der Waals surface area contributed by atoms with Crippen LogP contribution in [0.4, 0.5) is 0 Å². The van der Waals surface area contributed by atoms with Crippen molar-refractivity contribution in [1.29, 1.82) is 0 Å². The Morgan fingerprint density at radius 2 is 1.13 bits per heavy atom. The molecule has 0 saturated heterocycles. The second-order valence-electron chi connectivity index (χ2n) is 14.6. The first kappa shape index (κ1) is 32.0. The lowest BCUT2D eigenvalue weighted by Gasteiger charge is -2.34. The van der Waals surface area contributed by atoms with Crippen molar-refractivity contribution >= 4 is 27.5 Å². The summed E-state index contributed by atoms with van der Waals surface area (Å²) in [4.78, 5) is 17.5. The number of fused-ring (bicyclic) bond motifs is 9. The highest BCUT2D eigenvalue weighted by atomic mass is 32.1. The normalized spacial score (nSPS) is 16.4. The molecule has 2 aromatic heterocycles. The molecular formula is C51H35N3S. The highest BCUT2D eigenvalue weighted by Crippen LogP contribution is 2.50. The lowest BCUT2D eigenvalue weighted by atomic mass is 9.70. The summed E-state index contributed by atoms with van der Waals surface area (Å²) in [6, 6.07) is 50.1. The van der Waals surface area contributed by atoms with Crippen LogP contribution in [0.2, 0.25) is 0 Å². The first-order valence-corrected chi connectivity index (χ1v) is 19.9. The lowest BCUT2D eigenvalue weighted by Crippen LogP contribution is -2.16. The third-order valence-electron chi connectivity index (χ3n) is 11.4. The molecule has 0 amide bonds. The van der Waals surface area contributed by atoms with E-state index < -0.39 is 0 Å². The summed E-state index contributed by atoms with van der Waals surface area (Å²) < 4.78 is 1.23. The number of benzene rings is 6. The number of hydrogen-bond donors (Lipinski definition) is 0. The van der Waals surface area contributed by atoms with Gasteiger partial charge >= 0.3 is 0 Å². The number of aryl methyl sites for hydroxylation is 1. The number of nitrogens with zero attached hydrogens (tertiary/aromatic N) is 3. The van der Waals surface area contributed by atoms with E-state index in [2.05, 4.69) is 176 Å². The van der Waals surface area contributed by atoms with E-state index in [1.165, 1.54) is 48.3 Å². The minimum atomic E-state index is 0.241. The molecule has 6 aromatic carbocycles. The molecule has 0 N–H and O–H groups in total. The molecule has 260 valence electrons. The molecule has 11 rings (SSSR count). The maximum atomic E-state index is 5.37. The van der Waals surface area contributed by atoms with Crippen molar-refractivity contribution in [2.75, 3.05) is 0 Å². The summed E-state index contributed by atoms with van der Waals surface area (Å²) in [6.45, 7) is 0. The van der Waals surface area contributed by atoms with Crippen LogP contribution in [-0.4, -0.2) is 15.0 Å². The summed E-state index contributed by atoms with van der Waals surface area (Å²) >= 11 is 1.88. The Morgan fingerprint density at radius 3 is 1.96 bits per heavy atom. The van der Waals surface area contributed by atoms with Gasteiger partial charge in [0.25, 0.3) is 0 Å². The van der Waals surface area contributed by atoms with Crippen LogP contribution in [0.1, 0.15) is 39.8 Å².